The SMILES string of the molecule is CCNC(c1cc(Br)c2c(c1)OCCO2)c1nccs1. The molecule has 2 heterocycles. The lowest BCUT2D eigenvalue weighted by Crippen LogP contribution is -2.22. The summed E-state index contributed by atoms with van der Waals surface area (Å²) >= 11 is 5.21. The van der Waals surface area contributed by atoms with E-state index in [0.717, 1.165) is 33.1 Å². The van der Waals surface area contributed by atoms with Gasteiger partial charge in [-0.2, -0.15) is 0 Å². The van der Waals surface area contributed by atoms with Crippen LogP contribution in [0.25, 0.3) is 0 Å². The zero-order chi connectivity index (χ0) is 13.9. The number of thiazole rings is 1. The van der Waals surface area contributed by atoms with Gasteiger partial charge in [-0.05, 0) is 40.2 Å². The Morgan fingerprint density at radius 1 is 1.40 bits per heavy atom. The van der Waals surface area contributed by atoms with E-state index in [1.807, 2.05) is 17.6 Å². The smallest absolute Gasteiger partial charge is 0.175 e. The lowest BCUT2D eigenvalue weighted by molar-refractivity contribution is 0.170. The quantitative estimate of drug-likeness (QED) is 0.913. The lowest BCUT2D eigenvalue weighted by atomic mass is 10.1. The zero-order valence-electron chi connectivity index (χ0n) is 11.1. The van der Waals surface area contributed by atoms with Crippen LogP contribution in [0.2, 0.25) is 0 Å². The van der Waals surface area contributed by atoms with Gasteiger partial charge in [-0.25, -0.2) is 4.98 Å². The highest BCUT2D eigenvalue weighted by atomic mass is 79.9. The van der Waals surface area contributed by atoms with Crippen LogP contribution >= 0.6 is 27.3 Å². The number of hydrogen-bond acceptors (Lipinski definition) is 5. The molecule has 6 heteroatoms. The van der Waals surface area contributed by atoms with E-state index in [4.69, 9.17) is 9.47 Å². The monoisotopic (exact) mass is 354 g/mol. The number of aromatic nitrogens is 1. The molecule has 0 radical (unpaired) electrons. The van der Waals surface area contributed by atoms with Gasteiger partial charge in [-0.3, -0.25) is 0 Å². The second-order valence-corrected chi connectivity index (χ2v) is 6.17. The fourth-order valence-electron chi connectivity index (χ4n) is 2.23. The van der Waals surface area contributed by atoms with Gasteiger partial charge in [0.1, 0.15) is 18.2 Å². The van der Waals surface area contributed by atoms with Gasteiger partial charge in [0, 0.05) is 11.6 Å². The molecule has 0 spiro atoms. The number of rotatable bonds is 4. The first-order valence-corrected chi connectivity index (χ1v) is 8.18. The van der Waals surface area contributed by atoms with Gasteiger partial charge in [-0.1, -0.05) is 6.92 Å². The van der Waals surface area contributed by atoms with E-state index in [-0.39, 0.29) is 6.04 Å². The van der Waals surface area contributed by atoms with Crippen molar-refractivity contribution >= 4 is 27.3 Å². The normalized spacial score (nSPS) is 15.1. The van der Waals surface area contributed by atoms with Gasteiger partial charge >= 0.3 is 0 Å². The van der Waals surface area contributed by atoms with Crippen molar-refractivity contribution in [2.24, 2.45) is 0 Å². The summed E-state index contributed by atoms with van der Waals surface area (Å²) in [5.74, 6) is 1.58. The molecule has 1 aromatic carbocycles. The molecule has 0 fully saturated rings. The average Bonchev–Trinajstić information content (AvgIpc) is 2.98. The molecule has 4 nitrogen and oxygen atoms in total. The van der Waals surface area contributed by atoms with Crippen molar-refractivity contribution in [2.75, 3.05) is 19.8 Å². The molecule has 2 aromatic rings. The summed E-state index contributed by atoms with van der Waals surface area (Å²) in [7, 11) is 0. The summed E-state index contributed by atoms with van der Waals surface area (Å²) in [5, 5.41) is 6.51. The van der Waals surface area contributed by atoms with Crippen LogP contribution < -0.4 is 14.8 Å². The van der Waals surface area contributed by atoms with Crippen LogP contribution in [0, 0.1) is 0 Å². The number of benzene rings is 1. The van der Waals surface area contributed by atoms with E-state index in [9.17, 15) is 0 Å². The largest absolute Gasteiger partial charge is 0.486 e. The molecular weight excluding hydrogens is 340 g/mol. The van der Waals surface area contributed by atoms with Crippen molar-refractivity contribution in [3.05, 3.63) is 38.8 Å². The Balaban J connectivity index is 2.01. The molecule has 20 heavy (non-hydrogen) atoms. The van der Waals surface area contributed by atoms with Gasteiger partial charge in [0.15, 0.2) is 11.5 Å². The van der Waals surface area contributed by atoms with E-state index in [0.29, 0.717) is 13.2 Å². The first-order valence-electron chi connectivity index (χ1n) is 6.51. The summed E-state index contributed by atoms with van der Waals surface area (Å²) in [6.45, 7) is 4.14. The van der Waals surface area contributed by atoms with Crippen LogP contribution in [0.5, 0.6) is 11.5 Å². The topological polar surface area (TPSA) is 43.4 Å². The van der Waals surface area contributed by atoms with Crippen LogP contribution in [0.15, 0.2) is 28.2 Å². The number of ether oxygens (including phenoxy) is 2. The van der Waals surface area contributed by atoms with Gasteiger partial charge in [0.2, 0.25) is 0 Å². The fourth-order valence-corrected chi connectivity index (χ4v) is 3.54. The Labute approximate surface area is 130 Å². The predicted octanol–water partition coefficient (Wildman–Crippen LogP) is 3.38. The lowest BCUT2D eigenvalue weighted by Gasteiger charge is -2.23. The first kappa shape index (κ1) is 13.9. The van der Waals surface area contributed by atoms with E-state index in [1.165, 1.54) is 0 Å². The van der Waals surface area contributed by atoms with Crippen LogP contribution in [-0.2, 0) is 0 Å². The van der Waals surface area contributed by atoms with Gasteiger partial charge in [0.05, 0.1) is 10.5 Å². The van der Waals surface area contributed by atoms with Crippen LogP contribution in [0.1, 0.15) is 23.5 Å². The molecule has 1 aromatic heterocycles. The second kappa shape index (κ2) is 6.11. The van der Waals surface area contributed by atoms with Crippen molar-refractivity contribution in [1.82, 2.24) is 10.3 Å². The molecule has 0 aliphatic carbocycles. The second-order valence-electron chi connectivity index (χ2n) is 4.39. The minimum absolute atomic E-state index is 0.0760. The van der Waals surface area contributed by atoms with Gasteiger partial charge in [0.25, 0.3) is 0 Å². The van der Waals surface area contributed by atoms with E-state index in [1.54, 1.807) is 11.3 Å². The Hall–Kier alpha value is -1.11. The highest BCUT2D eigenvalue weighted by Gasteiger charge is 2.22. The molecule has 1 aliphatic heterocycles. The molecule has 1 unspecified atom stereocenters. The minimum Gasteiger partial charge on any atom is -0.486 e. The maximum atomic E-state index is 5.69. The van der Waals surface area contributed by atoms with E-state index < -0.39 is 0 Å². The summed E-state index contributed by atoms with van der Waals surface area (Å²) < 4.78 is 12.2. The summed E-state index contributed by atoms with van der Waals surface area (Å²) in [6.07, 6.45) is 1.83. The Kier molecular flexibility index (Phi) is 4.24. The van der Waals surface area contributed by atoms with Crippen LogP contribution in [0.4, 0.5) is 0 Å². The fraction of sp³-hybridized carbons (Fsp3) is 0.357. The maximum Gasteiger partial charge on any atom is 0.175 e. The minimum atomic E-state index is 0.0760. The van der Waals surface area contributed by atoms with Gasteiger partial charge in [-0.15, -0.1) is 11.3 Å². The molecule has 1 aliphatic rings. The number of hydrogen-bond donors (Lipinski definition) is 1. The molecule has 0 bridgehead atoms. The average molecular weight is 355 g/mol. The number of nitrogens with one attached hydrogen (secondary N) is 1. The Morgan fingerprint density at radius 2 is 2.25 bits per heavy atom. The zero-order valence-corrected chi connectivity index (χ0v) is 13.5. The molecule has 1 N–H and O–H groups in total. The Bertz CT molecular complexity index is 589. The van der Waals surface area contributed by atoms with Crippen LogP contribution in [0.3, 0.4) is 0 Å². The summed E-state index contributed by atoms with van der Waals surface area (Å²) in [6, 6.07) is 4.18. The summed E-state index contributed by atoms with van der Waals surface area (Å²) in [4.78, 5) is 4.42. The van der Waals surface area contributed by atoms with Gasteiger partial charge < -0.3 is 14.8 Å². The third kappa shape index (κ3) is 2.68. The molecular formula is C14H15BrN2O2S. The molecule has 0 saturated carbocycles. The number of halogens is 1. The third-order valence-electron chi connectivity index (χ3n) is 3.06. The highest BCUT2D eigenvalue weighted by molar-refractivity contribution is 9.10. The van der Waals surface area contributed by atoms with Crippen molar-refractivity contribution in [3.8, 4) is 11.5 Å². The van der Waals surface area contributed by atoms with Crippen molar-refractivity contribution in [3.63, 3.8) is 0 Å². The molecule has 0 amide bonds. The first-order chi connectivity index (χ1) is 9.79. The Morgan fingerprint density at radius 3 is 3.00 bits per heavy atom. The number of fused-ring (bicyclic) bond motifs is 1. The summed E-state index contributed by atoms with van der Waals surface area (Å²) in [5.41, 5.74) is 1.12. The van der Waals surface area contributed by atoms with Crippen molar-refractivity contribution in [2.45, 2.75) is 13.0 Å². The van der Waals surface area contributed by atoms with E-state index in [2.05, 4.69) is 39.2 Å². The predicted molar refractivity (Wildman–Crippen MR) is 82.8 cm³/mol. The molecule has 1 atom stereocenters. The highest BCUT2D eigenvalue weighted by Crippen LogP contribution is 2.40. The molecule has 0 saturated heterocycles. The van der Waals surface area contributed by atoms with Crippen molar-refractivity contribution in [1.29, 1.82) is 0 Å². The maximum absolute atomic E-state index is 5.69. The number of nitrogens with zero attached hydrogens (tertiary/aromatic N) is 1. The van der Waals surface area contributed by atoms with Crippen LogP contribution in [-0.4, -0.2) is 24.7 Å². The molecule has 3 rings (SSSR count). The standard InChI is InChI=1S/C14H15BrN2O2S/c1-2-16-12(14-17-3-6-20-14)9-7-10(15)13-11(8-9)18-4-5-19-13/h3,6-8,12,16H,2,4-5H2,1H3. The molecule has 106 valence electrons. The van der Waals surface area contributed by atoms with E-state index >= 15 is 0 Å². The third-order valence-corrected chi connectivity index (χ3v) is 4.49. The van der Waals surface area contributed by atoms with Crippen molar-refractivity contribution < 1.29 is 9.47 Å².